The lowest BCUT2D eigenvalue weighted by atomic mass is 9.96. The molecule has 9 heteroatoms. The molecule has 0 aromatic carbocycles. The average Bonchev–Trinajstić information content (AvgIpc) is 3.06. The number of amides is 1. The van der Waals surface area contributed by atoms with Gasteiger partial charge < -0.3 is 15.0 Å². The normalized spacial score (nSPS) is 23.6. The molecule has 25 heavy (non-hydrogen) atoms. The molecule has 0 spiro atoms. The highest BCUT2D eigenvalue weighted by molar-refractivity contribution is 5.85. The van der Waals surface area contributed by atoms with E-state index in [1.54, 1.807) is 0 Å². The monoisotopic (exact) mass is 387 g/mol. The summed E-state index contributed by atoms with van der Waals surface area (Å²) >= 11 is 0. The number of nitrogens with one attached hydrogen (secondary N) is 1. The molecule has 2 atom stereocenters. The van der Waals surface area contributed by atoms with Gasteiger partial charge in [0.1, 0.15) is 11.9 Å². The molecular formula is C16H23Cl2N5O2. The lowest BCUT2D eigenvalue weighted by Crippen LogP contribution is -2.51. The maximum Gasteiger partial charge on any atom is 0.253 e. The molecule has 7 nitrogen and oxygen atoms in total. The van der Waals surface area contributed by atoms with Crippen molar-refractivity contribution >= 4 is 36.4 Å². The van der Waals surface area contributed by atoms with Gasteiger partial charge in [0.05, 0.1) is 6.61 Å². The lowest BCUT2D eigenvalue weighted by molar-refractivity contribution is -0.146. The van der Waals surface area contributed by atoms with Crippen molar-refractivity contribution < 1.29 is 9.53 Å². The highest BCUT2D eigenvalue weighted by Crippen LogP contribution is 2.26. The molecule has 2 aromatic rings. The third-order valence-corrected chi connectivity index (χ3v) is 4.64. The summed E-state index contributed by atoms with van der Waals surface area (Å²) in [6, 6.07) is 5.88. The summed E-state index contributed by atoms with van der Waals surface area (Å²) in [6.07, 6.45) is 3.65. The molecule has 2 aliphatic heterocycles. The third kappa shape index (κ3) is 4.06. The molecule has 4 rings (SSSR count). The summed E-state index contributed by atoms with van der Waals surface area (Å²) in [5.74, 6) is 1.26. The summed E-state index contributed by atoms with van der Waals surface area (Å²) in [4.78, 5) is 14.6. The van der Waals surface area contributed by atoms with Crippen LogP contribution in [0.3, 0.4) is 0 Å². The number of carbonyl (C=O) groups is 1. The number of rotatable bonds is 2. The summed E-state index contributed by atoms with van der Waals surface area (Å²) in [5.41, 5.74) is 0.853. The van der Waals surface area contributed by atoms with Gasteiger partial charge in [-0.05, 0) is 25.0 Å². The fourth-order valence-corrected chi connectivity index (χ4v) is 3.45. The molecule has 0 radical (unpaired) electrons. The molecule has 1 N–H and O–H groups in total. The van der Waals surface area contributed by atoms with Crippen molar-refractivity contribution in [1.29, 1.82) is 0 Å². The highest BCUT2D eigenvalue weighted by atomic mass is 35.5. The number of hydrogen-bond acceptors (Lipinski definition) is 5. The first kappa shape index (κ1) is 19.9. The number of morpholine rings is 1. The van der Waals surface area contributed by atoms with Crippen LogP contribution in [0, 0.1) is 0 Å². The largest absolute Gasteiger partial charge is 0.366 e. The zero-order valence-corrected chi connectivity index (χ0v) is 15.5. The predicted octanol–water partition coefficient (Wildman–Crippen LogP) is 1.27. The van der Waals surface area contributed by atoms with Crippen molar-refractivity contribution in [3.05, 3.63) is 30.2 Å². The van der Waals surface area contributed by atoms with Gasteiger partial charge in [0.2, 0.25) is 0 Å². The number of aromatic nitrogens is 3. The van der Waals surface area contributed by atoms with Gasteiger partial charge in [-0.3, -0.25) is 9.20 Å². The maximum absolute atomic E-state index is 12.6. The number of carbonyl (C=O) groups excluding carboxylic acids is 1. The van der Waals surface area contributed by atoms with Gasteiger partial charge in [-0.25, -0.2) is 0 Å². The van der Waals surface area contributed by atoms with Crippen LogP contribution in [0.4, 0.5) is 0 Å². The Bertz CT molecular complexity index is 705. The first-order valence-corrected chi connectivity index (χ1v) is 8.24. The minimum atomic E-state index is -0.349. The van der Waals surface area contributed by atoms with E-state index in [0.29, 0.717) is 19.7 Å². The minimum absolute atomic E-state index is 0. The Morgan fingerprint density at radius 1 is 1.28 bits per heavy atom. The van der Waals surface area contributed by atoms with Gasteiger partial charge in [-0.1, -0.05) is 6.07 Å². The molecular weight excluding hydrogens is 365 g/mol. The van der Waals surface area contributed by atoms with Crippen molar-refractivity contribution in [1.82, 2.24) is 24.8 Å². The minimum Gasteiger partial charge on any atom is -0.366 e. The molecule has 2 fully saturated rings. The zero-order valence-electron chi connectivity index (χ0n) is 13.8. The molecule has 2 aromatic heterocycles. The van der Waals surface area contributed by atoms with E-state index in [-0.39, 0.29) is 42.7 Å². The van der Waals surface area contributed by atoms with Gasteiger partial charge in [0, 0.05) is 38.3 Å². The summed E-state index contributed by atoms with van der Waals surface area (Å²) < 4.78 is 7.63. The van der Waals surface area contributed by atoms with Crippen molar-refractivity contribution in [2.75, 3.05) is 32.8 Å². The highest BCUT2D eigenvalue weighted by Gasteiger charge is 2.32. The predicted molar refractivity (Wildman–Crippen MR) is 98.6 cm³/mol. The van der Waals surface area contributed by atoms with E-state index >= 15 is 0 Å². The Labute approximate surface area is 158 Å². The Hall–Kier alpha value is -1.41. The maximum atomic E-state index is 12.6. The van der Waals surface area contributed by atoms with E-state index < -0.39 is 0 Å². The number of piperidine rings is 1. The Balaban J connectivity index is 0.00000113. The Kier molecular flexibility index (Phi) is 7.01. The standard InChI is InChI=1S/C16H21N5O2.2ClH/c22-16(13-10-17-6-9-23-13)20-7-3-4-12(11-20)15-19-18-14-5-1-2-8-21(14)15;;/h1-2,5,8,12-13,17H,3-4,6-7,9-11H2;2*1H. The molecule has 138 valence electrons. The van der Waals surface area contributed by atoms with Crippen LogP contribution in [0.1, 0.15) is 24.6 Å². The third-order valence-electron chi connectivity index (χ3n) is 4.64. The number of nitrogens with zero attached hydrogens (tertiary/aromatic N) is 4. The Morgan fingerprint density at radius 2 is 2.16 bits per heavy atom. The summed E-state index contributed by atoms with van der Waals surface area (Å²) in [7, 11) is 0. The van der Waals surface area contributed by atoms with Crippen LogP contribution >= 0.6 is 24.8 Å². The average molecular weight is 388 g/mol. The number of fused-ring (bicyclic) bond motifs is 1. The van der Waals surface area contributed by atoms with Crippen LogP contribution in [-0.4, -0.2) is 64.3 Å². The fourth-order valence-electron chi connectivity index (χ4n) is 3.45. The van der Waals surface area contributed by atoms with E-state index in [9.17, 15) is 4.79 Å². The molecule has 4 heterocycles. The van der Waals surface area contributed by atoms with Crippen LogP contribution in [0.5, 0.6) is 0 Å². The van der Waals surface area contributed by atoms with Crippen LogP contribution < -0.4 is 5.32 Å². The quantitative estimate of drug-likeness (QED) is 0.839. The number of likely N-dealkylation sites (tertiary alicyclic amines) is 1. The molecule has 0 saturated carbocycles. The van der Waals surface area contributed by atoms with Gasteiger partial charge in [0.15, 0.2) is 5.65 Å². The van der Waals surface area contributed by atoms with Crippen molar-refractivity contribution in [2.45, 2.75) is 24.9 Å². The van der Waals surface area contributed by atoms with Crippen LogP contribution in [0.15, 0.2) is 24.4 Å². The topological polar surface area (TPSA) is 71.8 Å². The molecule has 2 saturated heterocycles. The van der Waals surface area contributed by atoms with E-state index in [1.165, 1.54) is 0 Å². The summed E-state index contributed by atoms with van der Waals surface area (Å²) in [5, 5.41) is 11.8. The first-order valence-electron chi connectivity index (χ1n) is 8.24. The second-order valence-electron chi connectivity index (χ2n) is 6.17. The summed E-state index contributed by atoms with van der Waals surface area (Å²) in [6.45, 7) is 3.51. The van der Waals surface area contributed by atoms with Crippen molar-refractivity contribution in [3.8, 4) is 0 Å². The van der Waals surface area contributed by atoms with E-state index in [2.05, 4.69) is 15.5 Å². The number of halogens is 2. The fraction of sp³-hybridized carbons (Fsp3) is 0.562. The van der Waals surface area contributed by atoms with Crippen LogP contribution in [-0.2, 0) is 9.53 Å². The number of hydrogen-bond donors (Lipinski definition) is 1. The smallest absolute Gasteiger partial charge is 0.253 e. The first-order chi connectivity index (χ1) is 11.3. The second kappa shape index (κ2) is 8.80. The van der Waals surface area contributed by atoms with Crippen molar-refractivity contribution in [3.63, 3.8) is 0 Å². The molecule has 2 unspecified atom stereocenters. The lowest BCUT2D eigenvalue weighted by Gasteiger charge is -2.35. The van der Waals surface area contributed by atoms with E-state index in [4.69, 9.17) is 4.74 Å². The van der Waals surface area contributed by atoms with Gasteiger partial charge in [0.25, 0.3) is 5.91 Å². The van der Waals surface area contributed by atoms with Gasteiger partial charge >= 0.3 is 0 Å². The van der Waals surface area contributed by atoms with E-state index in [0.717, 1.165) is 37.4 Å². The van der Waals surface area contributed by atoms with Crippen molar-refractivity contribution in [2.24, 2.45) is 0 Å². The zero-order chi connectivity index (χ0) is 15.6. The molecule has 0 bridgehead atoms. The van der Waals surface area contributed by atoms with E-state index in [1.807, 2.05) is 33.7 Å². The Morgan fingerprint density at radius 3 is 2.96 bits per heavy atom. The van der Waals surface area contributed by atoms with Crippen LogP contribution in [0.25, 0.3) is 5.65 Å². The molecule has 0 aliphatic carbocycles. The second-order valence-corrected chi connectivity index (χ2v) is 6.17. The SMILES string of the molecule is Cl.Cl.O=C(C1CNCCO1)N1CCCC(c2nnc3ccccn23)C1. The molecule has 2 aliphatic rings. The number of ether oxygens (including phenoxy) is 1. The van der Waals surface area contributed by atoms with Gasteiger partial charge in [-0.15, -0.1) is 35.0 Å². The van der Waals surface area contributed by atoms with Gasteiger partial charge in [-0.2, -0.15) is 0 Å². The molecule has 1 amide bonds. The number of pyridine rings is 1. The van der Waals surface area contributed by atoms with Crippen LogP contribution in [0.2, 0.25) is 0 Å².